The molecule has 1 amide bonds. The molecule has 0 aromatic carbocycles. The third-order valence-corrected chi connectivity index (χ3v) is 3.48. The number of aliphatic imine (C=N–C) groups is 1. The van der Waals surface area contributed by atoms with Gasteiger partial charge in [-0.3, -0.25) is 14.8 Å². The van der Waals surface area contributed by atoms with Gasteiger partial charge in [0, 0.05) is 25.4 Å². The zero-order chi connectivity index (χ0) is 20.2. The lowest BCUT2D eigenvalue weighted by molar-refractivity contribution is -0.139. The second kappa shape index (κ2) is 11.3. The van der Waals surface area contributed by atoms with Gasteiger partial charge >= 0.3 is 17.8 Å². The highest BCUT2D eigenvalue weighted by molar-refractivity contribution is 5.80. The average molecular weight is 384 g/mol. The molecule has 0 aliphatic carbocycles. The van der Waals surface area contributed by atoms with Gasteiger partial charge in [0.05, 0.1) is 6.61 Å². The van der Waals surface area contributed by atoms with E-state index in [0.29, 0.717) is 25.8 Å². The number of aliphatic carboxylic acids is 1. The molecule has 0 radical (unpaired) electrons. The van der Waals surface area contributed by atoms with E-state index >= 15 is 0 Å². The number of H-pyrrole nitrogens is 1. The van der Waals surface area contributed by atoms with Crippen molar-refractivity contribution in [3.05, 3.63) is 33.1 Å². The van der Waals surface area contributed by atoms with Gasteiger partial charge in [0.2, 0.25) is 0 Å². The van der Waals surface area contributed by atoms with Crippen LogP contribution in [0.25, 0.3) is 0 Å². The number of nitrogens with two attached hydrogens (primary N) is 2. The first-order chi connectivity index (χ1) is 12.8. The molecule has 0 aliphatic heterocycles. The highest BCUT2D eigenvalue weighted by Crippen LogP contribution is 1.99. The summed E-state index contributed by atoms with van der Waals surface area (Å²) < 4.78 is 6.31. The molecular weight excluding hydrogens is 360 g/mol. The molecular formula is C15H24N6O6. The van der Waals surface area contributed by atoms with Crippen LogP contribution >= 0.6 is 0 Å². The lowest BCUT2D eigenvalue weighted by Gasteiger charge is -2.13. The fourth-order valence-electron chi connectivity index (χ4n) is 2.11. The van der Waals surface area contributed by atoms with Crippen LogP contribution in [-0.4, -0.2) is 51.9 Å². The van der Waals surface area contributed by atoms with Crippen molar-refractivity contribution in [3.63, 3.8) is 0 Å². The number of nitrogens with zero attached hydrogens (tertiary/aromatic N) is 2. The predicted octanol–water partition coefficient (Wildman–Crippen LogP) is -1.45. The molecule has 1 aromatic heterocycles. The number of amides is 1. The van der Waals surface area contributed by atoms with Gasteiger partial charge < -0.3 is 31.2 Å². The van der Waals surface area contributed by atoms with Crippen molar-refractivity contribution in [1.29, 1.82) is 0 Å². The molecule has 1 heterocycles. The number of aromatic nitrogens is 2. The lowest BCUT2D eigenvalue weighted by Crippen LogP contribution is -2.41. The van der Waals surface area contributed by atoms with Crippen LogP contribution in [-0.2, 0) is 16.1 Å². The second-order valence-corrected chi connectivity index (χ2v) is 5.63. The zero-order valence-corrected chi connectivity index (χ0v) is 14.7. The van der Waals surface area contributed by atoms with E-state index in [0.717, 1.165) is 0 Å². The van der Waals surface area contributed by atoms with Crippen LogP contribution in [0.2, 0.25) is 0 Å². The maximum atomic E-state index is 11.6. The van der Waals surface area contributed by atoms with Crippen LogP contribution in [0.3, 0.4) is 0 Å². The fraction of sp³-hybridized carbons (Fsp3) is 0.533. The summed E-state index contributed by atoms with van der Waals surface area (Å²) >= 11 is 0. The largest absolute Gasteiger partial charge is 0.480 e. The Morgan fingerprint density at radius 3 is 2.67 bits per heavy atom. The van der Waals surface area contributed by atoms with Gasteiger partial charge in [-0.05, 0) is 25.7 Å². The van der Waals surface area contributed by atoms with E-state index in [-0.39, 0.29) is 25.5 Å². The normalized spacial score (nSPS) is 11.4. The third-order valence-electron chi connectivity index (χ3n) is 3.48. The molecule has 0 aliphatic rings. The van der Waals surface area contributed by atoms with E-state index in [9.17, 15) is 19.2 Å². The summed E-state index contributed by atoms with van der Waals surface area (Å²) in [6.07, 6.45) is 2.45. The van der Waals surface area contributed by atoms with Gasteiger partial charge in [-0.15, -0.1) is 0 Å². The Kier molecular flexibility index (Phi) is 9.12. The average Bonchev–Trinajstić information content (AvgIpc) is 2.58. The number of carboxylic acids is 1. The molecule has 0 bridgehead atoms. The molecule has 7 N–H and O–H groups in total. The molecule has 12 heteroatoms. The first kappa shape index (κ1) is 21.7. The summed E-state index contributed by atoms with van der Waals surface area (Å²) in [4.78, 5) is 50.9. The number of carboxylic acid groups (broad SMARTS) is 1. The van der Waals surface area contributed by atoms with Crippen molar-refractivity contribution in [2.45, 2.75) is 38.3 Å². The van der Waals surface area contributed by atoms with Crippen molar-refractivity contribution in [3.8, 4) is 0 Å². The van der Waals surface area contributed by atoms with Gasteiger partial charge in [0.25, 0.3) is 5.56 Å². The van der Waals surface area contributed by atoms with E-state index < -0.39 is 29.4 Å². The van der Waals surface area contributed by atoms with E-state index in [2.05, 4.69) is 15.3 Å². The number of aromatic amines is 1. The van der Waals surface area contributed by atoms with Crippen molar-refractivity contribution in [1.82, 2.24) is 14.9 Å². The van der Waals surface area contributed by atoms with Crippen LogP contribution in [0, 0.1) is 0 Å². The number of aryl methyl sites for hydroxylation is 1. The van der Waals surface area contributed by atoms with Crippen molar-refractivity contribution in [2.75, 3.05) is 13.2 Å². The molecule has 0 fully saturated rings. The minimum atomic E-state index is -1.22. The molecule has 0 unspecified atom stereocenters. The minimum Gasteiger partial charge on any atom is -0.480 e. The Labute approximate surface area is 154 Å². The number of carbonyl (C=O) groups is 2. The van der Waals surface area contributed by atoms with E-state index in [4.69, 9.17) is 21.3 Å². The van der Waals surface area contributed by atoms with Crippen molar-refractivity contribution in [2.24, 2.45) is 16.5 Å². The first-order valence-corrected chi connectivity index (χ1v) is 8.31. The summed E-state index contributed by atoms with van der Waals surface area (Å²) in [5, 5.41) is 11.3. The molecule has 1 aromatic rings. The lowest BCUT2D eigenvalue weighted by atomic mass is 10.2. The number of alkyl carbamates (subject to hydrolysis) is 1. The number of rotatable bonds is 11. The van der Waals surface area contributed by atoms with Crippen LogP contribution in [0.4, 0.5) is 4.79 Å². The number of guanidine groups is 1. The van der Waals surface area contributed by atoms with E-state index in [1.165, 1.54) is 16.8 Å². The summed E-state index contributed by atoms with van der Waals surface area (Å²) in [5.41, 5.74) is 9.37. The van der Waals surface area contributed by atoms with Crippen LogP contribution in [0.5, 0.6) is 0 Å². The molecule has 150 valence electrons. The van der Waals surface area contributed by atoms with Gasteiger partial charge in [0.15, 0.2) is 5.96 Å². The minimum absolute atomic E-state index is 0.0241. The van der Waals surface area contributed by atoms with Gasteiger partial charge in [-0.25, -0.2) is 14.4 Å². The first-order valence-electron chi connectivity index (χ1n) is 8.31. The number of hydrogen-bond donors (Lipinski definition) is 5. The summed E-state index contributed by atoms with van der Waals surface area (Å²) in [7, 11) is 0. The maximum absolute atomic E-state index is 11.6. The zero-order valence-electron chi connectivity index (χ0n) is 14.7. The van der Waals surface area contributed by atoms with Crippen LogP contribution in [0.1, 0.15) is 25.7 Å². The third kappa shape index (κ3) is 9.09. The maximum Gasteiger partial charge on any atom is 0.407 e. The Bertz CT molecular complexity index is 767. The predicted molar refractivity (Wildman–Crippen MR) is 96.4 cm³/mol. The quantitative estimate of drug-likeness (QED) is 0.173. The van der Waals surface area contributed by atoms with Crippen molar-refractivity contribution < 1.29 is 19.4 Å². The Balaban J connectivity index is 2.23. The monoisotopic (exact) mass is 384 g/mol. The second-order valence-electron chi connectivity index (χ2n) is 5.63. The number of carbonyl (C=O) groups excluding carboxylic acids is 1. The molecule has 0 saturated carbocycles. The van der Waals surface area contributed by atoms with Crippen LogP contribution in [0.15, 0.2) is 26.8 Å². The Hall–Kier alpha value is -3.31. The van der Waals surface area contributed by atoms with Crippen LogP contribution < -0.4 is 28.0 Å². The highest BCUT2D eigenvalue weighted by Gasteiger charge is 2.20. The number of ether oxygens (including phenoxy) is 1. The molecule has 12 nitrogen and oxygen atoms in total. The number of hydrogen-bond acceptors (Lipinski definition) is 6. The molecule has 27 heavy (non-hydrogen) atoms. The highest BCUT2D eigenvalue weighted by atomic mass is 16.5. The smallest absolute Gasteiger partial charge is 0.407 e. The summed E-state index contributed by atoms with van der Waals surface area (Å²) in [6.45, 7) is 0.587. The van der Waals surface area contributed by atoms with E-state index in [1.54, 1.807) is 0 Å². The summed E-state index contributed by atoms with van der Waals surface area (Å²) in [5.74, 6) is -1.38. The van der Waals surface area contributed by atoms with Gasteiger partial charge in [-0.2, -0.15) is 0 Å². The molecule has 0 spiro atoms. The fourth-order valence-corrected chi connectivity index (χ4v) is 2.11. The SMILES string of the molecule is NC(N)=NCC[C@H](NC(=O)OCCCCCn1ccc(=O)[nH]c1=O)C(=O)O. The van der Waals surface area contributed by atoms with E-state index in [1.807, 2.05) is 0 Å². The Morgan fingerprint density at radius 1 is 1.30 bits per heavy atom. The standard InChI is InChI=1S/C15H24N6O6/c16-13(17)18-6-4-10(12(23)24)19-15(26)27-9-3-1-2-7-21-8-5-11(22)20-14(21)25/h5,8,10H,1-4,6-7,9H2,(H,19,26)(H,23,24)(H4,16,17,18)(H,20,22,25)/t10-/m0/s1. The topological polar surface area (TPSA) is 195 Å². The number of nitrogens with one attached hydrogen (secondary N) is 2. The van der Waals surface area contributed by atoms with Gasteiger partial charge in [-0.1, -0.05) is 0 Å². The summed E-state index contributed by atoms with van der Waals surface area (Å²) in [6, 6.07) is 0.105. The molecule has 1 atom stereocenters. The van der Waals surface area contributed by atoms with Gasteiger partial charge in [0.1, 0.15) is 6.04 Å². The van der Waals surface area contributed by atoms with Crippen molar-refractivity contribution >= 4 is 18.0 Å². The Morgan fingerprint density at radius 2 is 2.04 bits per heavy atom. The number of unbranched alkanes of at least 4 members (excludes halogenated alkanes) is 2. The molecule has 1 rings (SSSR count). The molecule has 0 saturated heterocycles.